The smallest absolute Gasteiger partial charge is 0.469 e. The number of ether oxygens (including phenoxy) is 6. The second-order valence-corrected chi connectivity index (χ2v) is 27.3. The molecule has 28 heteroatoms. The Kier molecular flexibility index (Phi) is 27.9. The zero-order valence-corrected chi connectivity index (χ0v) is 57.1. The number of fused-ring (bicyclic) bond motifs is 2. The van der Waals surface area contributed by atoms with Gasteiger partial charge >= 0.3 is 13.5 Å². The Morgan fingerprint density at radius 1 is 0.936 bits per heavy atom. The molecule has 0 bridgehead atoms. The Morgan fingerprint density at radius 3 is 2.46 bits per heavy atom. The maximum atomic E-state index is 14.3. The van der Waals surface area contributed by atoms with E-state index in [1.54, 1.807) is 60.9 Å². The number of carbonyl (C=O) groups is 4. The number of anilines is 1. The molecule has 2 unspecified atom stereocenters. The number of phosphoric acid groups is 1. The average molecular weight is 1360 g/mol. The first kappa shape index (κ1) is 74.1. The van der Waals surface area contributed by atoms with Crippen LogP contribution in [0.1, 0.15) is 111 Å². The summed E-state index contributed by atoms with van der Waals surface area (Å²) in [5, 5.41) is 13.4. The van der Waals surface area contributed by atoms with Crippen LogP contribution in [0.5, 0.6) is 5.75 Å². The van der Waals surface area contributed by atoms with Crippen LogP contribution in [0, 0.1) is 25.7 Å². The number of nitrogens with zero attached hydrogens (tertiary/aromatic N) is 3. The average Bonchev–Trinajstić information content (AvgIpc) is 0.897. The van der Waals surface area contributed by atoms with Crippen LogP contribution in [0.4, 0.5) is 5.69 Å². The van der Waals surface area contributed by atoms with Crippen LogP contribution in [0.2, 0.25) is 0 Å². The van der Waals surface area contributed by atoms with Gasteiger partial charge in [-0.3, -0.25) is 43.0 Å². The number of benzene rings is 4. The lowest BCUT2D eigenvalue weighted by Gasteiger charge is -2.22. The maximum absolute atomic E-state index is 14.3. The lowest BCUT2D eigenvalue weighted by atomic mass is 9.89. The number of aryl methyl sites for hydroxylation is 2. The SMILES string of the molecule is CCN=c1cc2oc3cc(NCC)c(C)cc3c(-c3ccccc3C(=O)N(C)CCCC(=O)NCCNC(=O)c3cccc(OCC(OCCOCC(=O)NCC#Cc4cn([C@H]5CC(O[C@H](C)OCC)[C@@H](COP(=O)(O)O)O5)c(=O)[nH]c4=O)SSC(C)(C)C)c3)c-2cc1C. The zero-order valence-electron chi connectivity index (χ0n) is 54.6. The number of amides is 4. The molecular weight excluding hydrogens is 1270 g/mol. The molecule has 1 aromatic heterocycles. The summed E-state index contributed by atoms with van der Waals surface area (Å²) in [6.45, 7) is 19.3. The van der Waals surface area contributed by atoms with Gasteiger partial charge in [-0.2, -0.15) is 0 Å². The molecule has 5 atom stereocenters. The lowest BCUT2D eigenvalue weighted by molar-refractivity contribution is -0.172. The van der Waals surface area contributed by atoms with E-state index in [1.807, 2.05) is 57.2 Å². The van der Waals surface area contributed by atoms with Crippen molar-refractivity contribution in [3.05, 3.63) is 133 Å². The van der Waals surface area contributed by atoms with Crippen molar-refractivity contribution in [2.75, 3.05) is 91.3 Å². The van der Waals surface area contributed by atoms with Crippen LogP contribution >= 0.6 is 29.4 Å². The van der Waals surface area contributed by atoms with E-state index < -0.39 is 61.7 Å². The van der Waals surface area contributed by atoms with Gasteiger partial charge in [-0.1, -0.05) is 78.5 Å². The topological polar surface area (TPSA) is 322 Å². The van der Waals surface area contributed by atoms with E-state index in [9.17, 15) is 43.1 Å². The van der Waals surface area contributed by atoms with Crippen molar-refractivity contribution in [2.24, 2.45) is 4.99 Å². The predicted octanol–water partition coefficient (Wildman–Crippen LogP) is 7.67. The third-order valence-electron chi connectivity index (χ3n) is 14.4. The third-order valence-corrected chi connectivity index (χ3v) is 18.4. The molecule has 3 aliphatic rings. The Hall–Kier alpha value is -7.32. The highest BCUT2D eigenvalue weighted by atomic mass is 33.1. The highest BCUT2D eigenvalue weighted by Crippen LogP contribution is 2.44. The van der Waals surface area contributed by atoms with Crippen molar-refractivity contribution in [1.82, 2.24) is 30.4 Å². The monoisotopic (exact) mass is 1360 g/mol. The third kappa shape index (κ3) is 22.1. The minimum absolute atomic E-state index is 0.0373. The molecule has 4 amide bonds. The van der Waals surface area contributed by atoms with Crippen molar-refractivity contribution < 1.29 is 70.9 Å². The van der Waals surface area contributed by atoms with Gasteiger partial charge in [-0.15, -0.1) is 0 Å². The molecule has 7 N–H and O–H groups in total. The van der Waals surface area contributed by atoms with Gasteiger partial charge in [0.1, 0.15) is 53.6 Å². The van der Waals surface area contributed by atoms with Gasteiger partial charge in [0.05, 0.1) is 37.8 Å². The molecule has 94 heavy (non-hydrogen) atoms. The standard InChI is InChI=1S/C66H85N8O17PS2/c1-11-67-51-34-53-49(31-41(51)4)61(50-32-42(5)52(68-12-2)35-54(50)90-53)47-22-14-15-23-48(47)64(79)73(10)28-18-24-57(75)70-26-27-71-62(77)44-19-16-21-46(33-44)87-40-60(93-94-66(7,8)9)86-30-29-84-39-58(76)69-25-17-20-45-37-74(65(80)72-63(45)78)59-36-55(89-43(6)85-13-3)56(91-59)38-88-92(81,82)83/h14-16,19,21-23,31-35,37,43,55-56,59-60,67H,11-13,18,24-30,36,38-40H2,1-10H3,(H,69,76)(H,70,75)(H,71,77)(H,72,78,80)(H2,81,82,83)/t43-,55?,56-,59-,60?/m1/s1. The molecule has 25 nitrogen and oxygen atoms in total. The number of carbonyl (C=O) groups excluding carboxylic acids is 4. The van der Waals surface area contributed by atoms with Gasteiger partial charge in [0.25, 0.3) is 17.4 Å². The second-order valence-electron chi connectivity index (χ2n) is 22.9. The van der Waals surface area contributed by atoms with Gasteiger partial charge in [0, 0.05) is 116 Å². The van der Waals surface area contributed by atoms with E-state index >= 15 is 0 Å². The number of hydrogen-bond acceptors (Lipinski definition) is 19. The van der Waals surface area contributed by atoms with E-state index in [1.165, 1.54) is 17.0 Å². The Labute approximate surface area is 554 Å². The highest BCUT2D eigenvalue weighted by molar-refractivity contribution is 8.77. The Bertz CT molecular complexity index is 3870. The van der Waals surface area contributed by atoms with Gasteiger partial charge in [0.15, 0.2) is 6.29 Å². The normalized spacial score (nSPS) is 15.7. The summed E-state index contributed by atoms with van der Waals surface area (Å²) in [6, 6.07) is 22.4. The molecule has 4 aromatic rings. The van der Waals surface area contributed by atoms with Gasteiger partial charge in [-0.05, 0) is 101 Å². The summed E-state index contributed by atoms with van der Waals surface area (Å²) in [7, 11) is -0.0666. The number of hydrogen-bond donors (Lipinski definition) is 7. The van der Waals surface area contributed by atoms with Crippen LogP contribution < -0.4 is 42.6 Å². The summed E-state index contributed by atoms with van der Waals surface area (Å²) in [5.41, 5.74) is 4.89. The van der Waals surface area contributed by atoms with Gasteiger partial charge < -0.3 is 68.8 Å². The fourth-order valence-corrected chi connectivity index (χ4v) is 12.5. The number of nitrogens with one attached hydrogen (secondary N) is 5. The summed E-state index contributed by atoms with van der Waals surface area (Å²) < 4.78 is 58.5. The fourth-order valence-electron chi connectivity index (χ4n) is 10.0. The van der Waals surface area contributed by atoms with Gasteiger partial charge in [0.2, 0.25) is 11.8 Å². The molecule has 2 aliphatic heterocycles. The molecule has 1 saturated heterocycles. The van der Waals surface area contributed by atoms with E-state index in [-0.39, 0.29) is 86.9 Å². The minimum atomic E-state index is -4.86. The van der Waals surface area contributed by atoms with Crippen molar-refractivity contribution in [1.29, 1.82) is 0 Å². The van der Waals surface area contributed by atoms with Crippen molar-refractivity contribution in [3.63, 3.8) is 0 Å². The van der Waals surface area contributed by atoms with E-state index in [2.05, 4.69) is 82.4 Å². The number of rotatable bonds is 33. The zero-order chi connectivity index (χ0) is 68.1. The fraction of sp³-hybridized carbons (Fsp3) is 0.470. The van der Waals surface area contributed by atoms with Crippen LogP contribution in [0.15, 0.2) is 98.0 Å². The van der Waals surface area contributed by atoms with Crippen molar-refractivity contribution >= 4 is 69.7 Å². The summed E-state index contributed by atoms with van der Waals surface area (Å²) in [5.74, 6) is 5.15. The summed E-state index contributed by atoms with van der Waals surface area (Å²) >= 11 is 0. The second kappa shape index (κ2) is 35.4. The molecule has 508 valence electrons. The summed E-state index contributed by atoms with van der Waals surface area (Å²) in [4.78, 5) is 106. The van der Waals surface area contributed by atoms with Crippen LogP contribution in [-0.4, -0.2) is 163 Å². The molecule has 7 rings (SSSR count). The van der Waals surface area contributed by atoms with E-state index in [0.717, 1.165) is 55.4 Å². The van der Waals surface area contributed by atoms with Crippen LogP contribution in [0.25, 0.3) is 33.4 Å². The first-order chi connectivity index (χ1) is 44.8. The number of aromatic amines is 1. The highest BCUT2D eigenvalue weighted by Gasteiger charge is 2.40. The molecule has 0 saturated carbocycles. The van der Waals surface area contributed by atoms with Crippen molar-refractivity contribution in [2.45, 2.75) is 116 Å². The van der Waals surface area contributed by atoms with Crippen molar-refractivity contribution in [3.8, 4) is 40.0 Å². The minimum Gasteiger partial charge on any atom is -0.490 e. The van der Waals surface area contributed by atoms with Crippen LogP contribution in [0.3, 0.4) is 0 Å². The number of aromatic nitrogens is 2. The molecule has 0 radical (unpaired) electrons. The lowest BCUT2D eigenvalue weighted by Crippen LogP contribution is -2.35. The first-order valence-corrected chi connectivity index (χ1v) is 34.8. The Balaban J connectivity index is 0.829. The largest absolute Gasteiger partial charge is 0.490 e. The number of H-pyrrole nitrogens is 1. The Morgan fingerprint density at radius 2 is 1.71 bits per heavy atom. The van der Waals surface area contributed by atoms with E-state index in [4.69, 9.17) is 37.8 Å². The molecule has 3 heterocycles. The molecule has 3 aromatic carbocycles. The summed E-state index contributed by atoms with van der Waals surface area (Å²) in [6.07, 6.45) is -1.76. The first-order valence-electron chi connectivity index (χ1n) is 31.0. The molecule has 1 fully saturated rings. The van der Waals surface area contributed by atoms with E-state index in [0.29, 0.717) is 54.3 Å². The van der Waals surface area contributed by atoms with Crippen LogP contribution in [-0.2, 0) is 42.4 Å². The van der Waals surface area contributed by atoms with Gasteiger partial charge in [-0.25, -0.2) is 9.36 Å². The quantitative estimate of drug-likeness (QED) is 0.00519. The number of phosphoric ester groups is 1. The molecular formula is C66H85N8O17PS2. The molecule has 0 spiro atoms. The maximum Gasteiger partial charge on any atom is 0.469 e. The molecule has 1 aliphatic carbocycles. The predicted molar refractivity (Wildman–Crippen MR) is 361 cm³/mol.